The van der Waals surface area contributed by atoms with Gasteiger partial charge in [0.2, 0.25) is 10.0 Å². The Bertz CT molecular complexity index is 958. The van der Waals surface area contributed by atoms with Gasteiger partial charge < -0.3 is 10.1 Å². The highest BCUT2D eigenvalue weighted by Gasteiger charge is 2.27. The second kappa shape index (κ2) is 11.1. The van der Waals surface area contributed by atoms with Gasteiger partial charge in [-0.05, 0) is 55.5 Å². The van der Waals surface area contributed by atoms with Crippen LogP contribution in [0.1, 0.15) is 17.5 Å². The lowest BCUT2D eigenvalue weighted by Crippen LogP contribution is -2.43. The van der Waals surface area contributed by atoms with E-state index in [1.165, 1.54) is 23.9 Å². The second-order valence-corrected chi connectivity index (χ2v) is 9.39. The smallest absolute Gasteiger partial charge is 0.324 e. The Labute approximate surface area is 181 Å². The molecule has 0 unspecified atom stereocenters. The van der Waals surface area contributed by atoms with E-state index < -0.39 is 34.5 Å². The lowest BCUT2D eigenvalue weighted by atomic mass is 10.1. The molecule has 30 heavy (non-hydrogen) atoms. The molecule has 0 aliphatic carbocycles. The Balaban J connectivity index is 2.02. The van der Waals surface area contributed by atoms with Gasteiger partial charge in [-0.15, -0.1) is 0 Å². The summed E-state index contributed by atoms with van der Waals surface area (Å²) in [6.07, 6.45) is 2.09. The molecule has 0 fully saturated rings. The van der Waals surface area contributed by atoms with Crippen molar-refractivity contribution in [2.75, 3.05) is 23.9 Å². The van der Waals surface area contributed by atoms with Crippen molar-refractivity contribution in [2.24, 2.45) is 0 Å². The topological polar surface area (TPSA) is 102 Å². The average molecular weight is 451 g/mol. The Morgan fingerprint density at radius 1 is 1.03 bits per heavy atom. The number of benzene rings is 2. The van der Waals surface area contributed by atoms with Gasteiger partial charge in [0.05, 0.1) is 4.90 Å². The van der Waals surface area contributed by atoms with Gasteiger partial charge in [-0.25, -0.2) is 8.42 Å². The van der Waals surface area contributed by atoms with E-state index in [9.17, 15) is 18.0 Å². The highest BCUT2D eigenvalue weighted by Crippen LogP contribution is 2.19. The van der Waals surface area contributed by atoms with E-state index in [2.05, 4.69) is 10.0 Å². The molecule has 0 bridgehead atoms. The maximum absolute atomic E-state index is 12.6. The van der Waals surface area contributed by atoms with Gasteiger partial charge in [-0.2, -0.15) is 16.5 Å². The van der Waals surface area contributed by atoms with E-state index >= 15 is 0 Å². The maximum Gasteiger partial charge on any atom is 0.324 e. The lowest BCUT2D eigenvalue weighted by Gasteiger charge is -2.18. The summed E-state index contributed by atoms with van der Waals surface area (Å²) in [4.78, 5) is 24.8. The van der Waals surface area contributed by atoms with Crippen molar-refractivity contribution in [3.8, 4) is 0 Å². The van der Waals surface area contributed by atoms with Gasteiger partial charge in [0.15, 0.2) is 6.61 Å². The number of amides is 1. The SMILES string of the molecule is CSCC[C@H](NS(=O)(=O)c1ccccc1)C(=O)OCC(=O)Nc1c(C)cccc1C. The zero-order chi connectivity index (χ0) is 22.1. The van der Waals surface area contributed by atoms with Crippen molar-refractivity contribution in [3.05, 3.63) is 59.7 Å². The first-order valence-electron chi connectivity index (χ1n) is 9.33. The molecule has 7 nitrogen and oxygen atoms in total. The number of para-hydroxylation sites is 1. The standard InChI is InChI=1S/C21H26N2O5S2/c1-15-8-7-9-16(2)20(15)22-19(24)14-28-21(25)18(12-13-29-3)23-30(26,27)17-10-5-4-6-11-17/h4-11,18,23H,12-14H2,1-3H3,(H,22,24)/t18-/m0/s1. The van der Waals surface area contributed by atoms with Crippen LogP contribution in [0.15, 0.2) is 53.4 Å². The van der Waals surface area contributed by atoms with Crippen LogP contribution in [-0.2, 0) is 24.3 Å². The fourth-order valence-corrected chi connectivity index (χ4v) is 4.45. The number of anilines is 1. The fraction of sp³-hybridized carbons (Fsp3) is 0.333. The first-order chi connectivity index (χ1) is 14.2. The van der Waals surface area contributed by atoms with Crippen LogP contribution in [0.2, 0.25) is 0 Å². The molecule has 1 amide bonds. The summed E-state index contributed by atoms with van der Waals surface area (Å²) in [7, 11) is -3.89. The minimum atomic E-state index is -3.89. The van der Waals surface area contributed by atoms with Gasteiger partial charge in [0.25, 0.3) is 5.91 Å². The van der Waals surface area contributed by atoms with E-state index in [0.29, 0.717) is 11.4 Å². The quantitative estimate of drug-likeness (QED) is 0.540. The molecule has 0 heterocycles. The van der Waals surface area contributed by atoms with E-state index in [4.69, 9.17) is 4.74 Å². The summed E-state index contributed by atoms with van der Waals surface area (Å²) in [5, 5.41) is 2.73. The third-order valence-electron chi connectivity index (χ3n) is 4.34. The molecule has 0 aromatic heterocycles. The van der Waals surface area contributed by atoms with Crippen LogP contribution >= 0.6 is 11.8 Å². The number of esters is 1. The summed E-state index contributed by atoms with van der Waals surface area (Å²) < 4.78 is 32.6. The van der Waals surface area contributed by atoms with E-state index in [1.54, 1.807) is 18.2 Å². The van der Waals surface area contributed by atoms with E-state index in [-0.39, 0.29) is 11.3 Å². The number of carbonyl (C=O) groups excluding carboxylic acids is 2. The summed E-state index contributed by atoms with van der Waals surface area (Å²) in [6, 6.07) is 12.3. The van der Waals surface area contributed by atoms with Crippen molar-refractivity contribution in [3.63, 3.8) is 0 Å². The van der Waals surface area contributed by atoms with E-state index in [0.717, 1.165) is 11.1 Å². The minimum Gasteiger partial charge on any atom is -0.454 e. The van der Waals surface area contributed by atoms with Gasteiger partial charge in [-0.3, -0.25) is 9.59 Å². The van der Waals surface area contributed by atoms with Crippen molar-refractivity contribution in [1.29, 1.82) is 0 Å². The third kappa shape index (κ3) is 6.86. The molecule has 0 spiro atoms. The van der Waals surface area contributed by atoms with Crippen molar-refractivity contribution < 1.29 is 22.7 Å². The number of thioether (sulfide) groups is 1. The number of nitrogens with one attached hydrogen (secondary N) is 2. The fourth-order valence-electron chi connectivity index (χ4n) is 2.74. The van der Waals surface area contributed by atoms with Crippen molar-refractivity contribution in [2.45, 2.75) is 31.2 Å². The van der Waals surface area contributed by atoms with Gasteiger partial charge in [0.1, 0.15) is 6.04 Å². The normalized spacial score (nSPS) is 12.2. The summed E-state index contributed by atoms with van der Waals surface area (Å²) in [5.41, 5.74) is 2.45. The summed E-state index contributed by atoms with van der Waals surface area (Å²) in [6.45, 7) is 3.23. The van der Waals surface area contributed by atoms with Crippen LogP contribution in [-0.4, -0.2) is 45.0 Å². The third-order valence-corrected chi connectivity index (χ3v) is 6.47. The Kier molecular flexibility index (Phi) is 8.88. The number of carbonyl (C=O) groups is 2. The molecular weight excluding hydrogens is 424 g/mol. The monoisotopic (exact) mass is 450 g/mol. The van der Waals surface area contributed by atoms with E-state index in [1.807, 2.05) is 38.3 Å². The molecule has 162 valence electrons. The molecule has 0 radical (unpaired) electrons. The number of ether oxygens (including phenoxy) is 1. The molecule has 0 saturated carbocycles. The van der Waals surface area contributed by atoms with Gasteiger partial charge in [0, 0.05) is 5.69 Å². The zero-order valence-electron chi connectivity index (χ0n) is 17.2. The number of hydrogen-bond acceptors (Lipinski definition) is 6. The number of sulfonamides is 1. The summed E-state index contributed by atoms with van der Waals surface area (Å²) >= 11 is 1.48. The zero-order valence-corrected chi connectivity index (χ0v) is 18.8. The molecule has 1 atom stereocenters. The van der Waals surface area contributed by atoms with Crippen LogP contribution in [0.4, 0.5) is 5.69 Å². The highest BCUT2D eigenvalue weighted by molar-refractivity contribution is 7.98. The minimum absolute atomic E-state index is 0.0553. The Morgan fingerprint density at radius 3 is 2.27 bits per heavy atom. The van der Waals surface area contributed by atoms with Crippen molar-refractivity contribution in [1.82, 2.24) is 4.72 Å². The van der Waals surface area contributed by atoms with Crippen LogP contribution < -0.4 is 10.0 Å². The molecule has 2 rings (SSSR count). The predicted molar refractivity (Wildman–Crippen MR) is 119 cm³/mol. The number of rotatable bonds is 10. The second-order valence-electron chi connectivity index (χ2n) is 6.69. The highest BCUT2D eigenvalue weighted by atomic mass is 32.2. The molecular formula is C21H26N2O5S2. The molecule has 0 aliphatic heterocycles. The predicted octanol–water partition coefficient (Wildman–Crippen LogP) is 2.89. The first-order valence-corrected chi connectivity index (χ1v) is 12.2. The number of aryl methyl sites for hydroxylation is 2. The maximum atomic E-state index is 12.6. The van der Waals surface area contributed by atoms with Crippen LogP contribution in [0.5, 0.6) is 0 Å². The molecule has 0 saturated heterocycles. The van der Waals surface area contributed by atoms with Crippen LogP contribution in [0.3, 0.4) is 0 Å². The molecule has 9 heteroatoms. The molecule has 2 aromatic rings. The van der Waals surface area contributed by atoms with Crippen LogP contribution in [0.25, 0.3) is 0 Å². The molecule has 2 N–H and O–H groups in total. The molecule has 0 aliphatic rings. The Hall–Kier alpha value is -2.36. The summed E-state index contributed by atoms with van der Waals surface area (Å²) in [5.74, 6) is -0.735. The van der Waals surface area contributed by atoms with Crippen LogP contribution in [0, 0.1) is 13.8 Å². The van der Waals surface area contributed by atoms with Crippen molar-refractivity contribution >= 4 is 39.3 Å². The first kappa shape index (κ1) is 23.9. The average Bonchev–Trinajstić information content (AvgIpc) is 2.72. The lowest BCUT2D eigenvalue weighted by molar-refractivity contribution is -0.149. The number of hydrogen-bond donors (Lipinski definition) is 2. The molecule has 2 aromatic carbocycles. The Morgan fingerprint density at radius 2 is 1.67 bits per heavy atom. The van der Waals surface area contributed by atoms with Gasteiger partial charge in [-0.1, -0.05) is 36.4 Å². The largest absolute Gasteiger partial charge is 0.454 e. The van der Waals surface area contributed by atoms with Gasteiger partial charge >= 0.3 is 5.97 Å².